The summed E-state index contributed by atoms with van der Waals surface area (Å²) in [4.78, 5) is 0.183. The van der Waals surface area contributed by atoms with Crippen molar-refractivity contribution in [2.75, 3.05) is 27.7 Å². The maximum absolute atomic E-state index is 14.0. The number of fused-ring (bicyclic) bond motifs is 1. The first kappa shape index (κ1) is 28.6. The number of halogens is 4. The zero-order chi connectivity index (χ0) is 27.4. The van der Waals surface area contributed by atoms with Gasteiger partial charge in [-0.3, -0.25) is 4.68 Å². The molecular formula is C25H30F4N4O3S. The molecule has 1 heterocycles. The number of aryl methyl sites for hydroxylation is 1. The van der Waals surface area contributed by atoms with Crippen LogP contribution in [0.25, 0.3) is 0 Å². The highest BCUT2D eigenvalue weighted by Gasteiger charge is 2.35. The van der Waals surface area contributed by atoms with Gasteiger partial charge in [0, 0.05) is 13.2 Å². The van der Waals surface area contributed by atoms with Gasteiger partial charge in [-0.25, -0.2) is 17.5 Å². The molecule has 0 saturated carbocycles. The number of ether oxygens (including phenoxy) is 1. The molecule has 1 aliphatic carbocycles. The number of alkyl halides is 3. The number of sulfonamides is 1. The summed E-state index contributed by atoms with van der Waals surface area (Å²) < 4.78 is 83.8. The Labute approximate surface area is 213 Å². The molecule has 0 aliphatic heterocycles. The smallest absolute Gasteiger partial charge is 0.416 e. The molecule has 0 amide bonds. The van der Waals surface area contributed by atoms with Crippen molar-refractivity contribution in [2.24, 2.45) is 13.0 Å². The topological polar surface area (TPSA) is 85.2 Å². The molecule has 0 fully saturated rings. The first-order chi connectivity index (χ1) is 17.4. The largest absolute Gasteiger partial charge is 0.494 e. The quantitative estimate of drug-likeness (QED) is 0.443. The van der Waals surface area contributed by atoms with Crippen LogP contribution in [0, 0.1) is 11.7 Å². The minimum atomic E-state index is -4.36. The highest BCUT2D eigenvalue weighted by molar-refractivity contribution is 7.89. The number of hydrogen-bond donors (Lipinski definition) is 2. The number of aromatic nitrogens is 2. The molecule has 37 heavy (non-hydrogen) atoms. The Bertz CT molecular complexity index is 1330. The molecule has 202 valence electrons. The number of hydrogen-bond acceptors (Lipinski definition) is 5. The average molecular weight is 543 g/mol. The van der Waals surface area contributed by atoms with Gasteiger partial charge in [-0.15, -0.1) is 0 Å². The fourth-order valence-corrected chi connectivity index (χ4v) is 5.22. The van der Waals surface area contributed by atoms with Crippen LogP contribution in [-0.2, 0) is 36.1 Å². The molecule has 2 atom stereocenters. The van der Waals surface area contributed by atoms with E-state index < -0.39 is 27.6 Å². The monoisotopic (exact) mass is 542 g/mol. The minimum Gasteiger partial charge on any atom is -0.494 e. The van der Waals surface area contributed by atoms with Crippen LogP contribution in [0.15, 0.2) is 53.7 Å². The van der Waals surface area contributed by atoms with Crippen LogP contribution in [0.2, 0.25) is 0 Å². The van der Waals surface area contributed by atoms with Crippen molar-refractivity contribution in [1.82, 2.24) is 19.8 Å². The van der Waals surface area contributed by atoms with E-state index in [0.717, 1.165) is 17.2 Å². The zero-order valence-electron chi connectivity index (χ0n) is 20.9. The summed E-state index contributed by atoms with van der Waals surface area (Å²) in [7, 11) is 2.96. The minimum absolute atomic E-state index is 0.00966. The zero-order valence-corrected chi connectivity index (χ0v) is 21.8. The van der Waals surface area contributed by atoms with Crippen LogP contribution < -0.4 is 14.8 Å². The average Bonchev–Trinajstić information content (AvgIpc) is 3.43. The summed E-state index contributed by atoms with van der Waals surface area (Å²) in [6.07, 6.45) is -0.462. The second-order valence-electron chi connectivity index (χ2n) is 8.77. The third-order valence-electron chi connectivity index (χ3n) is 6.30. The van der Waals surface area contributed by atoms with Gasteiger partial charge in [0.05, 0.1) is 18.9 Å². The molecule has 0 saturated heterocycles. The summed E-state index contributed by atoms with van der Waals surface area (Å²) in [5.74, 6) is -0.0384. The Morgan fingerprint density at radius 3 is 2.49 bits per heavy atom. The van der Waals surface area contributed by atoms with E-state index in [9.17, 15) is 26.0 Å². The third kappa shape index (κ3) is 6.88. The van der Waals surface area contributed by atoms with Gasteiger partial charge in [-0.05, 0) is 80.2 Å². The lowest BCUT2D eigenvalue weighted by Crippen LogP contribution is -2.23. The van der Waals surface area contributed by atoms with Crippen LogP contribution in [0.5, 0.6) is 5.75 Å². The molecular weight excluding hydrogens is 512 g/mol. The van der Waals surface area contributed by atoms with E-state index in [1.165, 1.54) is 49.4 Å². The van der Waals surface area contributed by atoms with E-state index in [1.54, 1.807) is 19.2 Å². The van der Waals surface area contributed by atoms with E-state index in [-0.39, 0.29) is 22.5 Å². The molecule has 1 aliphatic rings. The van der Waals surface area contributed by atoms with Crippen LogP contribution >= 0.6 is 0 Å². The first-order valence-electron chi connectivity index (χ1n) is 11.5. The van der Waals surface area contributed by atoms with E-state index in [0.29, 0.717) is 24.9 Å². The van der Waals surface area contributed by atoms with Gasteiger partial charge in [0.25, 0.3) is 0 Å². The van der Waals surface area contributed by atoms with Crippen molar-refractivity contribution in [3.05, 3.63) is 76.9 Å². The number of rotatable bonds is 7. The summed E-state index contributed by atoms with van der Waals surface area (Å²) in [6, 6.07) is 8.61. The van der Waals surface area contributed by atoms with Gasteiger partial charge in [0.2, 0.25) is 10.0 Å². The van der Waals surface area contributed by atoms with Crippen molar-refractivity contribution < 1.29 is 30.7 Å². The normalized spacial score (nSPS) is 17.2. The Kier molecular flexibility index (Phi) is 8.98. The van der Waals surface area contributed by atoms with Crippen molar-refractivity contribution >= 4 is 10.0 Å². The Morgan fingerprint density at radius 2 is 1.92 bits per heavy atom. The van der Waals surface area contributed by atoms with Crippen LogP contribution in [-0.4, -0.2) is 45.9 Å². The second-order valence-corrected chi connectivity index (χ2v) is 10.7. The molecule has 2 N–H and O–H groups in total. The molecule has 0 radical (unpaired) electrons. The van der Waals surface area contributed by atoms with Crippen LogP contribution in [0.1, 0.15) is 28.2 Å². The summed E-state index contributed by atoms with van der Waals surface area (Å²) >= 11 is 0. The Morgan fingerprint density at radius 1 is 1.19 bits per heavy atom. The molecule has 12 heteroatoms. The number of benzene rings is 2. The fraction of sp³-hybridized carbons (Fsp3) is 0.400. The van der Waals surface area contributed by atoms with Gasteiger partial charge in [-0.1, -0.05) is 18.2 Å². The lowest BCUT2D eigenvalue weighted by Gasteiger charge is -2.21. The van der Waals surface area contributed by atoms with E-state index in [1.807, 2.05) is 7.05 Å². The van der Waals surface area contributed by atoms with E-state index >= 15 is 0 Å². The van der Waals surface area contributed by atoms with E-state index in [4.69, 9.17) is 4.74 Å². The second kappa shape index (κ2) is 11.6. The van der Waals surface area contributed by atoms with Gasteiger partial charge in [0.15, 0.2) is 11.6 Å². The summed E-state index contributed by atoms with van der Waals surface area (Å²) in [5, 5.41) is 6.86. The van der Waals surface area contributed by atoms with Crippen molar-refractivity contribution in [3.63, 3.8) is 0 Å². The van der Waals surface area contributed by atoms with Gasteiger partial charge in [0.1, 0.15) is 4.90 Å². The number of nitrogens with zero attached hydrogens (tertiary/aromatic N) is 2. The predicted molar refractivity (Wildman–Crippen MR) is 131 cm³/mol. The van der Waals surface area contributed by atoms with Crippen LogP contribution in [0.4, 0.5) is 17.6 Å². The first-order valence-corrected chi connectivity index (χ1v) is 13.0. The fourth-order valence-electron chi connectivity index (χ4n) is 4.50. The number of nitrogens with one attached hydrogen (secondary N) is 2. The third-order valence-corrected chi connectivity index (χ3v) is 7.67. The highest BCUT2D eigenvalue weighted by atomic mass is 32.2. The van der Waals surface area contributed by atoms with Crippen molar-refractivity contribution in [3.8, 4) is 5.75 Å². The molecule has 7 nitrogen and oxygen atoms in total. The SMILES string of the molecule is CNCC1Cc2cc(F)c(OC)cc2C1Cc1cccc(C(F)(F)F)c1.CNS(=O)(=O)c1cnn(C)c1. The molecule has 2 aromatic carbocycles. The molecule has 4 rings (SSSR count). The maximum Gasteiger partial charge on any atom is 0.416 e. The lowest BCUT2D eigenvalue weighted by atomic mass is 9.86. The van der Waals surface area contributed by atoms with Gasteiger partial charge < -0.3 is 10.1 Å². The lowest BCUT2D eigenvalue weighted by molar-refractivity contribution is -0.137. The predicted octanol–water partition coefficient (Wildman–Crippen LogP) is 3.90. The van der Waals surface area contributed by atoms with Crippen molar-refractivity contribution in [2.45, 2.75) is 29.8 Å². The molecule has 0 spiro atoms. The van der Waals surface area contributed by atoms with Gasteiger partial charge in [-0.2, -0.15) is 18.3 Å². The number of methoxy groups -OCH3 is 1. The van der Waals surface area contributed by atoms with Gasteiger partial charge >= 0.3 is 6.18 Å². The standard InChI is InChI=1S/C20H21F4NO.C5H9N3O2S/c1-25-11-14-8-13-9-18(21)19(26-2)10-17(13)16(14)7-12-4-3-5-15(6-12)20(22,23)24;1-6-11(9,10)5-3-7-8(2)4-5/h3-6,9-10,14,16,25H,7-8,11H2,1-2H3;3-4,6H,1-2H3. The Hall–Kier alpha value is -2.96. The van der Waals surface area contributed by atoms with E-state index in [2.05, 4.69) is 15.1 Å². The molecule has 2 unspecified atom stereocenters. The maximum atomic E-state index is 14.0. The van der Waals surface area contributed by atoms with Crippen LogP contribution in [0.3, 0.4) is 0 Å². The summed E-state index contributed by atoms with van der Waals surface area (Å²) in [5.41, 5.74) is 1.85. The molecule has 3 aromatic rings. The molecule has 0 bridgehead atoms. The van der Waals surface area contributed by atoms with Crippen molar-refractivity contribution in [1.29, 1.82) is 0 Å². The highest BCUT2D eigenvalue weighted by Crippen LogP contribution is 2.43. The molecule has 1 aromatic heterocycles. The Balaban J connectivity index is 0.000000289. The summed E-state index contributed by atoms with van der Waals surface area (Å²) in [6.45, 7) is 0.711.